The quantitative estimate of drug-likeness (QED) is 0.492. The molecule has 0 atom stereocenters. The van der Waals surface area contributed by atoms with Gasteiger partial charge in [-0.15, -0.1) is 0 Å². The van der Waals surface area contributed by atoms with Gasteiger partial charge in [-0.25, -0.2) is 9.97 Å². The Labute approximate surface area is 118 Å². The van der Waals surface area contributed by atoms with Crippen molar-refractivity contribution in [2.24, 2.45) is 0 Å². The molecule has 0 fully saturated rings. The summed E-state index contributed by atoms with van der Waals surface area (Å²) in [7, 11) is 0. The van der Waals surface area contributed by atoms with Crippen molar-refractivity contribution in [3.63, 3.8) is 0 Å². The fourth-order valence-corrected chi connectivity index (χ4v) is 1.90. The number of hydrogen-bond acceptors (Lipinski definition) is 5. The van der Waals surface area contributed by atoms with Gasteiger partial charge >= 0.3 is 0 Å². The van der Waals surface area contributed by atoms with E-state index >= 15 is 0 Å². The zero-order valence-corrected chi connectivity index (χ0v) is 10.8. The Morgan fingerprint density at radius 1 is 1.35 bits per heavy atom. The molecule has 0 saturated heterocycles. The van der Waals surface area contributed by atoms with Crippen LogP contribution in [-0.4, -0.2) is 26.1 Å². The summed E-state index contributed by atoms with van der Waals surface area (Å²) in [5.41, 5.74) is 7.19. The Morgan fingerprint density at radius 3 is 3.00 bits per heavy atom. The van der Waals surface area contributed by atoms with Crippen molar-refractivity contribution >= 4 is 40.0 Å². The number of aromatic amines is 1. The smallest absolute Gasteiger partial charge is 0.279 e. The summed E-state index contributed by atoms with van der Waals surface area (Å²) in [5, 5.41) is 10.1. The monoisotopic (exact) mass is 288 g/mol. The minimum atomic E-state index is -0.441. The van der Waals surface area contributed by atoms with Gasteiger partial charge in [-0.05, 0) is 24.3 Å². The first-order valence-electron chi connectivity index (χ1n) is 5.67. The lowest BCUT2D eigenvalue weighted by molar-refractivity contribution is 0.102. The third kappa shape index (κ3) is 2.26. The van der Waals surface area contributed by atoms with Crippen molar-refractivity contribution in [1.29, 1.82) is 0 Å². The highest BCUT2D eigenvalue weighted by atomic mass is 35.5. The Hall–Kier alpha value is -2.67. The SMILES string of the molecule is Nc1ccc2[nH]nc(C(=O)Nc3nccc(Cl)n3)c2c1. The molecule has 0 saturated carbocycles. The first-order chi connectivity index (χ1) is 9.63. The molecule has 2 heterocycles. The number of carbonyl (C=O) groups excluding carboxylic acids is 1. The molecule has 100 valence electrons. The Kier molecular flexibility index (Phi) is 2.96. The molecule has 0 aliphatic rings. The van der Waals surface area contributed by atoms with Gasteiger partial charge < -0.3 is 5.73 Å². The van der Waals surface area contributed by atoms with E-state index < -0.39 is 5.91 Å². The number of nitrogen functional groups attached to an aromatic ring is 1. The molecule has 2 aromatic heterocycles. The van der Waals surface area contributed by atoms with E-state index in [2.05, 4.69) is 25.5 Å². The van der Waals surface area contributed by atoms with Crippen LogP contribution in [0.2, 0.25) is 5.15 Å². The summed E-state index contributed by atoms with van der Waals surface area (Å²) in [6.45, 7) is 0. The van der Waals surface area contributed by atoms with Gasteiger partial charge in [0, 0.05) is 17.3 Å². The van der Waals surface area contributed by atoms with E-state index in [0.717, 1.165) is 5.52 Å². The van der Waals surface area contributed by atoms with E-state index in [4.69, 9.17) is 17.3 Å². The number of nitrogens with two attached hydrogens (primary N) is 1. The van der Waals surface area contributed by atoms with Gasteiger partial charge in [0.25, 0.3) is 5.91 Å². The van der Waals surface area contributed by atoms with Crippen LogP contribution in [0.4, 0.5) is 11.6 Å². The third-order valence-electron chi connectivity index (χ3n) is 2.65. The molecule has 0 bridgehead atoms. The molecule has 0 aliphatic carbocycles. The molecule has 8 heteroatoms. The lowest BCUT2D eigenvalue weighted by atomic mass is 10.2. The Bertz CT molecular complexity index is 799. The minimum Gasteiger partial charge on any atom is -0.399 e. The fraction of sp³-hybridized carbons (Fsp3) is 0. The summed E-state index contributed by atoms with van der Waals surface area (Å²) >= 11 is 5.73. The normalized spacial score (nSPS) is 10.7. The highest BCUT2D eigenvalue weighted by molar-refractivity contribution is 6.29. The molecule has 3 rings (SSSR count). The molecule has 4 N–H and O–H groups in total. The van der Waals surface area contributed by atoms with Gasteiger partial charge in [-0.2, -0.15) is 5.10 Å². The lowest BCUT2D eigenvalue weighted by Crippen LogP contribution is -2.15. The van der Waals surface area contributed by atoms with E-state index in [1.54, 1.807) is 18.2 Å². The molecule has 0 aliphatic heterocycles. The largest absolute Gasteiger partial charge is 0.399 e. The molecule has 0 unspecified atom stereocenters. The number of hydrogen-bond donors (Lipinski definition) is 3. The first kappa shape index (κ1) is 12.4. The number of rotatable bonds is 2. The number of anilines is 2. The summed E-state index contributed by atoms with van der Waals surface area (Å²) < 4.78 is 0. The Balaban J connectivity index is 1.94. The van der Waals surface area contributed by atoms with Crippen LogP contribution in [0.5, 0.6) is 0 Å². The van der Waals surface area contributed by atoms with Gasteiger partial charge in [0.05, 0.1) is 5.52 Å². The number of carbonyl (C=O) groups is 1. The summed E-state index contributed by atoms with van der Waals surface area (Å²) in [5.74, 6) is -0.327. The van der Waals surface area contributed by atoms with Crippen LogP contribution in [0.1, 0.15) is 10.5 Å². The second-order valence-electron chi connectivity index (χ2n) is 4.03. The topological polar surface area (TPSA) is 110 Å². The van der Waals surface area contributed by atoms with Crippen molar-refractivity contribution in [2.75, 3.05) is 11.1 Å². The summed E-state index contributed by atoms with van der Waals surface area (Å²) in [6.07, 6.45) is 1.45. The van der Waals surface area contributed by atoms with Crippen LogP contribution in [-0.2, 0) is 0 Å². The fourth-order valence-electron chi connectivity index (χ4n) is 1.76. The number of amides is 1. The molecule has 20 heavy (non-hydrogen) atoms. The predicted molar refractivity (Wildman–Crippen MR) is 75.5 cm³/mol. The van der Waals surface area contributed by atoms with E-state index in [1.165, 1.54) is 12.3 Å². The standard InChI is InChI=1S/C12H9ClN6O/c13-9-3-4-15-12(16-9)17-11(20)10-7-5-6(14)1-2-8(7)18-19-10/h1-5H,14H2,(H,18,19)(H,15,16,17,20). The summed E-state index contributed by atoms with van der Waals surface area (Å²) in [6, 6.07) is 6.67. The molecular formula is C12H9ClN6O. The van der Waals surface area contributed by atoms with E-state index in [1.807, 2.05) is 0 Å². The second kappa shape index (κ2) is 4.78. The van der Waals surface area contributed by atoms with Crippen molar-refractivity contribution < 1.29 is 4.79 Å². The average Bonchev–Trinajstić information content (AvgIpc) is 2.81. The third-order valence-corrected chi connectivity index (χ3v) is 2.86. The maximum absolute atomic E-state index is 12.2. The van der Waals surface area contributed by atoms with Crippen LogP contribution in [0.25, 0.3) is 10.9 Å². The van der Waals surface area contributed by atoms with E-state index in [-0.39, 0.29) is 16.8 Å². The van der Waals surface area contributed by atoms with Crippen LogP contribution >= 0.6 is 11.6 Å². The van der Waals surface area contributed by atoms with Gasteiger partial charge in [0.1, 0.15) is 5.15 Å². The van der Waals surface area contributed by atoms with Crippen molar-refractivity contribution in [3.8, 4) is 0 Å². The number of aromatic nitrogens is 4. The summed E-state index contributed by atoms with van der Waals surface area (Å²) in [4.78, 5) is 19.9. The number of nitrogens with one attached hydrogen (secondary N) is 2. The first-order valence-corrected chi connectivity index (χ1v) is 6.05. The van der Waals surface area contributed by atoms with Crippen molar-refractivity contribution in [3.05, 3.63) is 41.3 Å². The molecule has 7 nitrogen and oxygen atoms in total. The molecule has 0 spiro atoms. The van der Waals surface area contributed by atoms with Crippen LogP contribution in [0, 0.1) is 0 Å². The number of fused-ring (bicyclic) bond motifs is 1. The van der Waals surface area contributed by atoms with Crippen LogP contribution in [0.3, 0.4) is 0 Å². The average molecular weight is 289 g/mol. The van der Waals surface area contributed by atoms with Gasteiger partial charge in [-0.1, -0.05) is 11.6 Å². The number of benzene rings is 1. The zero-order valence-electron chi connectivity index (χ0n) is 10.1. The van der Waals surface area contributed by atoms with Gasteiger partial charge in [0.15, 0.2) is 5.69 Å². The molecule has 1 amide bonds. The maximum atomic E-state index is 12.2. The maximum Gasteiger partial charge on any atom is 0.279 e. The second-order valence-corrected chi connectivity index (χ2v) is 4.42. The highest BCUT2D eigenvalue weighted by Crippen LogP contribution is 2.19. The predicted octanol–water partition coefficient (Wildman–Crippen LogP) is 1.84. The Morgan fingerprint density at radius 2 is 2.20 bits per heavy atom. The number of H-pyrrole nitrogens is 1. The van der Waals surface area contributed by atoms with E-state index in [9.17, 15) is 4.79 Å². The van der Waals surface area contributed by atoms with Crippen LogP contribution < -0.4 is 11.1 Å². The van der Waals surface area contributed by atoms with Gasteiger partial charge in [-0.3, -0.25) is 15.2 Å². The minimum absolute atomic E-state index is 0.113. The van der Waals surface area contributed by atoms with Gasteiger partial charge in [0.2, 0.25) is 5.95 Å². The zero-order chi connectivity index (χ0) is 14.1. The van der Waals surface area contributed by atoms with E-state index in [0.29, 0.717) is 11.1 Å². The molecule has 0 radical (unpaired) electrons. The molecular weight excluding hydrogens is 280 g/mol. The molecule has 1 aromatic carbocycles. The molecule has 3 aromatic rings. The number of halogens is 1. The van der Waals surface area contributed by atoms with Crippen LogP contribution in [0.15, 0.2) is 30.5 Å². The number of nitrogens with zero attached hydrogens (tertiary/aromatic N) is 3. The van der Waals surface area contributed by atoms with Crippen molar-refractivity contribution in [2.45, 2.75) is 0 Å². The lowest BCUT2D eigenvalue weighted by Gasteiger charge is -2.01. The highest BCUT2D eigenvalue weighted by Gasteiger charge is 2.15. The van der Waals surface area contributed by atoms with Crippen molar-refractivity contribution in [1.82, 2.24) is 20.2 Å².